The number of alkyl halides is 1. The van der Waals surface area contributed by atoms with E-state index in [0.29, 0.717) is 0 Å². The predicted molar refractivity (Wildman–Crippen MR) is 50.9 cm³/mol. The second kappa shape index (κ2) is 4.89. The van der Waals surface area contributed by atoms with Gasteiger partial charge < -0.3 is 10.2 Å². The van der Waals surface area contributed by atoms with Crippen LogP contribution in [0.2, 0.25) is 5.02 Å². The van der Waals surface area contributed by atoms with Crippen molar-refractivity contribution in [3.63, 3.8) is 0 Å². The number of nitrogens with zero attached hydrogens (tertiary/aromatic N) is 1. The molecule has 0 aliphatic heterocycles. The fourth-order valence-corrected chi connectivity index (χ4v) is 1.27. The number of aromatic nitrogens is 1. The molecule has 3 nitrogen and oxygen atoms in total. The molecule has 0 amide bonds. The zero-order valence-corrected chi connectivity index (χ0v) is 8.50. The minimum Gasteiger partial charge on any atom is -0.389 e. The summed E-state index contributed by atoms with van der Waals surface area (Å²) >= 11 is 10.9. The molecule has 0 bridgehead atoms. The zero-order valence-electron chi connectivity index (χ0n) is 6.99. The number of halogens is 3. The lowest BCUT2D eigenvalue weighted by atomic mass is 10.1. The highest BCUT2D eigenvalue weighted by molar-refractivity contribution is 6.30. The van der Waals surface area contributed by atoms with Crippen LogP contribution in [0.5, 0.6) is 0 Å². The van der Waals surface area contributed by atoms with Gasteiger partial charge in [-0.1, -0.05) is 11.6 Å². The van der Waals surface area contributed by atoms with Crippen molar-refractivity contribution >= 4 is 23.2 Å². The average Bonchev–Trinajstić information content (AvgIpc) is 2.19. The molecule has 14 heavy (non-hydrogen) atoms. The van der Waals surface area contributed by atoms with Gasteiger partial charge in [-0.3, -0.25) is 0 Å². The molecule has 0 saturated heterocycles. The summed E-state index contributed by atoms with van der Waals surface area (Å²) in [4.78, 5) is 3.30. The maximum atomic E-state index is 13.0. The number of aliphatic hydroxyl groups is 2. The molecule has 0 aromatic carbocycles. The first-order chi connectivity index (χ1) is 6.56. The molecule has 0 saturated carbocycles. The summed E-state index contributed by atoms with van der Waals surface area (Å²) in [5.41, 5.74) is -0.161. The molecule has 2 unspecified atom stereocenters. The Morgan fingerprint density at radius 2 is 2.14 bits per heavy atom. The van der Waals surface area contributed by atoms with Gasteiger partial charge in [0.05, 0.1) is 17.0 Å². The third kappa shape index (κ3) is 2.54. The topological polar surface area (TPSA) is 53.4 Å². The highest BCUT2D eigenvalue weighted by atomic mass is 35.5. The van der Waals surface area contributed by atoms with Gasteiger partial charge in [0.25, 0.3) is 0 Å². The monoisotopic (exact) mass is 239 g/mol. The van der Waals surface area contributed by atoms with Gasteiger partial charge in [0.2, 0.25) is 5.95 Å². The van der Waals surface area contributed by atoms with Gasteiger partial charge in [-0.25, -0.2) is 4.98 Å². The second-order valence-corrected chi connectivity index (χ2v) is 3.45. The van der Waals surface area contributed by atoms with Crippen LogP contribution in [-0.4, -0.2) is 27.2 Å². The van der Waals surface area contributed by atoms with E-state index in [2.05, 4.69) is 4.98 Å². The van der Waals surface area contributed by atoms with Gasteiger partial charge in [0.15, 0.2) is 0 Å². The first-order valence-corrected chi connectivity index (χ1v) is 4.70. The predicted octanol–water partition coefficient (Wildman–Crippen LogP) is 1.51. The van der Waals surface area contributed by atoms with Gasteiger partial charge in [-0.15, -0.1) is 11.6 Å². The molecule has 78 valence electrons. The van der Waals surface area contributed by atoms with E-state index in [-0.39, 0.29) is 16.5 Å². The highest BCUT2D eigenvalue weighted by Gasteiger charge is 2.21. The molecule has 0 aliphatic rings. The number of pyridine rings is 1. The molecule has 0 aliphatic carbocycles. The van der Waals surface area contributed by atoms with Gasteiger partial charge in [-0.05, 0) is 6.07 Å². The zero-order chi connectivity index (χ0) is 10.7. The van der Waals surface area contributed by atoms with Crippen molar-refractivity contribution in [3.05, 3.63) is 28.8 Å². The minimum atomic E-state index is -1.42. The van der Waals surface area contributed by atoms with E-state index in [1.807, 2.05) is 0 Å². The minimum absolute atomic E-state index is 0.161. The first-order valence-electron chi connectivity index (χ1n) is 3.79. The molecule has 1 heterocycles. The van der Waals surface area contributed by atoms with Crippen LogP contribution in [0.1, 0.15) is 11.7 Å². The third-order valence-electron chi connectivity index (χ3n) is 1.67. The van der Waals surface area contributed by atoms with E-state index < -0.39 is 18.2 Å². The van der Waals surface area contributed by atoms with Crippen LogP contribution in [-0.2, 0) is 0 Å². The summed E-state index contributed by atoms with van der Waals surface area (Å²) in [6.07, 6.45) is -1.55. The van der Waals surface area contributed by atoms with E-state index in [4.69, 9.17) is 23.2 Å². The van der Waals surface area contributed by atoms with Gasteiger partial charge in [0, 0.05) is 11.8 Å². The van der Waals surface area contributed by atoms with E-state index >= 15 is 0 Å². The van der Waals surface area contributed by atoms with Gasteiger partial charge in [-0.2, -0.15) is 4.39 Å². The maximum absolute atomic E-state index is 13.0. The third-order valence-corrected chi connectivity index (χ3v) is 2.20. The molecule has 0 fully saturated rings. The number of aliphatic hydroxyl groups excluding tert-OH is 2. The Bertz CT molecular complexity index is 324. The fraction of sp³-hybridized carbons (Fsp3) is 0.375. The summed E-state index contributed by atoms with van der Waals surface area (Å²) in [6, 6.07) is 1.20. The van der Waals surface area contributed by atoms with Crippen LogP contribution < -0.4 is 0 Å². The smallest absolute Gasteiger partial charge is 0.218 e. The van der Waals surface area contributed by atoms with E-state index in [0.717, 1.165) is 6.20 Å². The lowest BCUT2D eigenvalue weighted by molar-refractivity contribution is 0.0300. The Labute approximate surface area is 90.1 Å². The fourth-order valence-electron chi connectivity index (χ4n) is 0.937. The first kappa shape index (κ1) is 11.7. The standard InChI is InChI=1S/C8H8Cl2FNO2/c9-2-6(13)7(14)5-1-4(10)3-12-8(5)11/h1,3,6-7,13-14H,2H2. The van der Waals surface area contributed by atoms with Crippen LogP contribution in [0.25, 0.3) is 0 Å². The van der Waals surface area contributed by atoms with Crippen LogP contribution in [0.15, 0.2) is 12.3 Å². The Balaban J connectivity index is 2.99. The molecular weight excluding hydrogens is 232 g/mol. The number of hydrogen-bond donors (Lipinski definition) is 2. The van der Waals surface area contributed by atoms with Crippen molar-refractivity contribution in [1.82, 2.24) is 4.98 Å². The van der Waals surface area contributed by atoms with Gasteiger partial charge in [0.1, 0.15) is 6.10 Å². The average molecular weight is 240 g/mol. The highest BCUT2D eigenvalue weighted by Crippen LogP contribution is 2.22. The quantitative estimate of drug-likeness (QED) is 0.621. The summed E-state index contributed by atoms with van der Waals surface area (Å²) in [5.74, 6) is -1.07. The van der Waals surface area contributed by atoms with Crippen molar-refractivity contribution in [1.29, 1.82) is 0 Å². The molecule has 1 aromatic heterocycles. The van der Waals surface area contributed by atoms with E-state index in [1.54, 1.807) is 0 Å². The van der Waals surface area contributed by atoms with Crippen molar-refractivity contribution in [2.75, 3.05) is 5.88 Å². The SMILES string of the molecule is OC(CCl)C(O)c1cc(Cl)cnc1F. The summed E-state index contributed by atoms with van der Waals surface area (Å²) in [5, 5.41) is 18.8. The van der Waals surface area contributed by atoms with Crippen molar-refractivity contribution in [3.8, 4) is 0 Å². The Morgan fingerprint density at radius 3 is 2.71 bits per heavy atom. The summed E-state index contributed by atoms with van der Waals surface area (Å²) < 4.78 is 13.0. The molecule has 2 N–H and O–H groups in total. The molecule has 1 rings (SSSR count). The number of rotatable bonds is 3. The summed E-state index contributed by atoms with van der Waals surface area (Å²) in [7, 11) is 0. The molecule has 0 radical (unpaired) electrons. The van der Waals surface area contributed by atoms with E-state index in [1.165, 1.54) is 6.07 Å². The lowest BCUT2D eigenvalue weighted by Crippen LogP contribution is -2.21. The lowest BCUT2D eigenvalue weighted by Gasteiger charge is -2.15. The van der Waals surface area contributed by atoms with Gasteiger partial charge >= 0.3 is 0 Å². The van der Waals surface area contributed by atoms with E-state index in [9.17, 15) is 14.6 Å². The van der Waals surface area contributed by atoms with Crippen molar-refractivity contribution in [2.45, 2.75) is 12.2 Å². The van der Waals surface area contributed by atoms with Crippen molar-refractivity contribution in [2.24, 2.45) is 0 Å². The van der Waals surface area contributed by atoms with Crippen molar-refractivity contribution < 1.29 is 14.6 Å². The Morgan fingerprint density at radius 1 is 1.50 bits per heavy atom. The van der Waals surface area contributed by atoms with Crippen LogP contribution >= 0.6 is 23.2 Å². The Kier molecular flexibility index (Phi) is 4.07. The molecular formula is C8H8Cl2FNO2. The number of hydrogen-bond acceptors (Lipinski definition) is 3. The second-order valence-electron chi connectivity index (χ2n) is 2.70. The largest absolute Gasteiger partial charge is 0.389 e. The molecule has 0 spiro atoms. The van der Waals surface area contributed by atoms with Crippen LogP contribution in [0.4, 0.5) is 4.39 Å². The summed E-state index contributed by atoms with van der Waals surface area (Å²) in [6.45, 7) is 0. The normalized spacial score (nSPS) is 15.2. The van der Waals surface area contributed by atoms with Crippen LogP contribution in [0.3, 0.4) is 0 Å². The van der Waals surface area contributed by atoms with Crippen LogP contribution in [0, 0.1) is 5.95 Å². The molecule has 6 heteroatoms. The molecule has 1 aromatic rings. The Hall–Kier alpha value is -0.420. The molecule has 2 atom stereocenters. The maximum Gasteiger partial charge on any atom is 0.218 e.